The number of halogens is 3. The predicted octanol–water partition coefficient (Wildman–Crippen LogP) is 2.53. The van der Waals surface area contributed by atoms with E-state index in [1.165, 1.54) is 0 Å². The molecule has 1 amide bonds. The van der Waals surface area contributed by atoms with Crippen LogP contribution in [0.5, 0.6) is 0 Å². The summed E-state index contributed by atoms with van der Waals surface area (Å²) in [5.41, 5.74) is 3.85. The molecule has 0 unspecified atom stereocenters. The molecule has 148 valence electrons. The molecule has 0 radical (unpaired) electrons. The smallest absolute Gasteiger partial charge is 0.362 e. The third kappa shape index (κ3) is 3.85. The van der Waals surface area contributed by atoms with E-state index in [1.54, 1.807) is 9.80 Å². The Morgan fingerprint density at radius 3 is 2.26 bits per heavy atom. The average Bonchev–Trinajstić information content (AvgIpc) is 3.08. The number of amides is 1. The molecular formula is C17H21F3N4O3. The second-order valence-electron chi connectivity index (χ2n) is 7.10. The van der Waals surface area contributed by atoms with Crippen LogP contribution in [0.4, 0.5) is 24.5 Å². The topological polar surface area (TPSA) is 92.7 Å². The third-order valence-corrected chi connectivity index (χ3v) is 5.33. The predicted molar refractivity (Wildman–Crippen MR) is 92.3 cm³/mol. The van der Waals surface area contributed by atoms with Gasteiger partial charge in [-0.2, -0.15) is 13.2 Å². The molecule has 0 aromatic heterocycles. The molecule has 10 heteroatoms. The van der Waals surface area contributed by atoms with E-state index in [1.807, 2.05) is 0 Å². The number of piperazine rings is 1. The maximum Gasteiger partial charge on any atom is 0.416 e. The number of nitrogens with zero attached hydrogens (tertiary/aromatic N) is 3. The first kappa shape index (κ1) is 19.4. The molecule has 1 heterocycles. The monoisotopic (exact) mass is 386 g/mol. The lowest BCUT2D eigenvalue weighted by molar-refractivity contribution is -0.384. The number of nitro groups is 1. The Labute approximate surface area is 154 Å². The Morgan fingerprint density at radius 1 is 1.15 bits per heavy atom. The fourth-order valence-electron chi connectivity index (χ4n) is 3.80. The molecule has 1 aromatic rings. The van der Waals surface area contributed by atoms with Gasteiger partial charge in [0.15, 0.2) is 0 Å². The van der Waals surface area contributed by atoms with Gasteiger partial charge in [0.05, 0.1) is 16.0 Å². The highest BCUT2D eigenvalue weighted by Gasteiger charge is 2.41. The summed E-state index contributed by atoms with van der Waals surface area (Å²) in [5, 5.41) is 11.3. The van der Waals surface area contributed by atoms with Gasteiger partial charge in [0.1, 0.15) is 5.69 Å². The van der Waals surface area contributed by atoms with Crippen molar-refractivity contribution in [1.82, 2.24) is 4.90 Å². The molecule has 3 rings (SSSR count). The summed E-state index contributed by atoms with van der Waals surface area (Å²) in [6.45, 7) is 1.26. The van der Waals surface area contributed by atoms with Crippen molar-refractivity contribution in [3.8, 4) is 0 Å². The molecule has 1 saturated heterocycles. The van der Waals surface area contributed by atoms with E-state index < -0.39 is 27.9 Å². The summed E-state index contributed by atoms with van der Waals surface area (Å²) in [6, 6.07) is 2.52. The van der Waals surface area contributed by atoms with Crippen molar-refractivity contribution in [2.45, 2.75) is 37.4 Å². The number of benzene rings is 1. The number of nitrogens with two attached hydrogens (primary N) is 1. The lowest BCUT2D eigenvalue weighted by Crippen LogP contribution is -2.58. The molecule has 0 spiro atoms. The molecule has 1 aromatic carbocycles. The highest BCUT2D eigenvalue weighted by Crippen LogP contribution is 2.37. The zero-order valence-corrected chi connectivity index (χ0v) is 14.7. The molecule has 2 fully saturated rings. The third-order valence-electron chi connectivity index (χ3n) is 5.33. The minimum atomic E-state index is -4.65. The molecule has 27 heavy (non-hydrogen) atoms. The number of carbonyl (C=O) groups excluding carboxylic acids is 1. The van der Waals surface area contributed by atoms with Gasteiger partial charge in [0.25, 0.3) is 5.69 Å². The fraction of sp³-hybridized carbons (Fsp3) is 0.588. The number of anilines is 1. The first-order chi connectivity index (χ1) is 12.6. The normalized spacial score (nSPS) is 20.0. The Morgan fingerprint density at radius 2 is 1.74 bits per heavy atom. The van der Waals surface area contributed by atoms with Gasteiger partial charge in [-0.05, 0) is 25.0 Å². The van der Waals surface area contributed by atoms with Gasteiger partial charge in [0.2, 0.25) is 5.91 Å². The molecule has 0 atom stereocenters. The Bertz CT molecular complexity index is 739. The van der Waals surface area contributed by atoms with Crippen molar-refractivity contribution in [3.05, 3.63) is 33.9 Å². The first-order valence-corrected chi connectivity index (χ1v) is 8.81. The van der Waals surface area contributed by atoms with E-state index >= 15 is 0 Å². The van der Waals surface area contributed by atoms with Crippen LogP contribution in [0.1, 0.15) is 31.2 Å². The van der Waals surface area contributed by atoms with Crippen LogP contribution in [-0.2, 0) is 11.0 Å². The molecule has 1 saturated carbocycles. The molecule has 2 aliphatic rings. The molecule has 1 aliphatic heterocycles. The number of carbonyl (C=O) groups is 1. The minimum Gasteiger partial charge on any atom is -0.362 e. The maximum atomic E-state index is 12.8. The van der Waals surface area contributed by atoms with E-state index in [9.17, 15) is 28.1 Å². The van der Waals surface area contributed by atoms with E-state index in [0.717, 1.165) is 25.0 Å². The van der Waals surface area contributed by atoms with Crippen LogP contribution in [-0.4, -0.2) is 47.4 Å². The van der Waals surface area contributed by atoms with Crippen LogP contribution in [0.15, 0.2) is 18.2 Å². The second kappa shape index (κ2) is 6.99. The standard InChI is InChI=1S/C17H21F3N4O3/c18-17(19,20)12-3-4-13(14(11-12)24(26)27)22-7-9-23(10-8-22)15(25)16(21)5-1-2-6-16/h3-4,11H,1-2,5-10,21H2. The number of nitro benzene ring substituents is 1. The van der Waals surface area contributed by atoms with E-state index in [4.69, 9.17) is 5.73 Å². The van der Waals surface area contributed by atoms with Gasteiger partial charge < -0.3 is 15.5 Å². The SMILES string of the molecule is NC1(C(=O)N2CCN(c3ccc(C(F)(F)F)cc3[N+](=O)[O-])CC2)CCCC1. The van der Waals surface area contributed by atoms with Crippen molar-refractivity contribution in [2.75, 3.05) is 31.1 Å². The first-order valence-electron chi connectivity index (χ1n) is 8.81. The van der Waals surface area contributed by atoms with Crippen molar-refractivity contribution in [1.29, 1.82) is 0 Å². The highest BCUT2D eigenvalue weighted by molar-refractivity contribution is 5.86. The van der Waals surface area contributed by atoms with Gasteiger partial charge in [-0.3, -0.25) is 14.9 Å². The van der Waals surface area contributed by atoms with Crippen molar-refractivity contribution < 1.29 is 22.9 Å². The summed E-state index contributed by atoms with van der Waals surface area (Å²) in [6.07, 6.45) is -1.52. The van der Waals surface area contributed by atoms with Crippen LogP contribution in [0.2, 0.25) is 0 Å². The zero-order valence-electron chi connectivity index (χ0n) is 14.7. The minimum absolute atomic E-state index is 0.110. The van der Waals surface area contributed by atoms with Gasteiger partial charge in [0, 0.05) is 32.2 Å². The summed E-state index contributed by atoms with van der Waals surface area (Å²) in [5.74, 6) is -0.110. The Balaban J connectivity index is 1.74. The van der Waals surface area contributed by atoms with Gasteiger partial charge in [-0.15, -0.1) is 0 Å². The number of hydrogen-bond acceptors (Lipinski definition) is 5. The van der Waals surface area contributed by atoms with Crippen LogP contribution in [0, 0.1) is 10.1 Å². The lowest BCUT2D eigenvalue weighted by atomic mass is 9.97. The molecule has 7 nitrogen and oxygen atoms in total. The molecule has 2 N–H and O–H groups in total. The summed E-state index contributed by atoms with van der Waals surface area (Å²) in [7, 11) is 0. The van der Waals surface area contributed by atoms with E-state index in [2.05, 4.69) is 0 Å². The zero-order chi connectivity index (χ0) is 19.8. The van der Waals surface area contributed by atoms with E-state index in [-0.39, 0.29) is 11.6 Å². The number of alkyl halides is 3. The van der Waals surface area contributed by atoms with Crippen molar-refractivity contribution in [3.63, 3.8) is 0 Å². The van der Waals surface area contributed by atoms with Crippen LogP contribution in [0.25, 0.3) is 0 Å². The van der Waals surface area contributed by atoms with Crippen LogP contribution in [0.3, 0.4) is 0 Å². The van der Waals surface area contributed by atoms with Crippen LogP contribution < -0.4 is 10.6 Å². The van der Waals surface area contributed by atoms with E-state index in [0.29, 0.717) is 45.1 Å². The highest BCUT2D eigenvalue weighted by atomic mass is 19.4. The fourth-order valence-corrected chi connectivity index (χ4v) is 3.80. The Hall–Kier alpha value is -2.36. The summed E-state index contributed by atoms with van der Waals surface area (Å²) < 4.78 is 38.5. The number of rotatable bonds is 3. The quantitative estimate of drug-likeness (QED) is 0.637. The summed E-state index contributed by atoms with van der Waals surface area (Å²) in [4.78, 5) is 26.4. The largest absolute Gasteiger partial charge is 0.416 e. The molecular weight excluding hydrogens is 365 g/mol. The van der Waals surface area contributed by atoms with Gasteiger partial charge in [-0.1, -0.05) is 12.8 Å². The number of hydrogen-bond donors (Lipinski definition) is 1. The Kier molecular flexibility index (Phi) is 5.02. The lowest BCUT2D eigenvalue weighted by Gasteiger charge is -2.39. The summed E-state index contributed by atoms with van der Waals surface area (Å²) >= 11 is 0. The maximum absolute atomic E-state index is 12.8. The van der Waals surface area contributed by atoms with Crippen LogP contribution >= 0.6 is 0 Å². The van der Waals surface area contributed by atoms with Crippen molar-refractivity contribution in [2.24, 2.45) is 5.73 Å². The molecule has 1 aliphatic carbocycles. The van der Waals surface area contributed by atoms with Gasteiger partial charge >= 0.3 is 6.18 Å². The molecule has 0 bridgehead atoms. The van der Waals surface area contributed by atoms with Gasteiger partial charge in [-0.25, -0.2) is 0 Å². The van der Waals surface area contributed by atoms with Crippen molar-refractivity contribution >= 4 is 17.3 Å². The second-order valence-corrected chi connectivity index (χ2v) is 7.10. The average molecular weight is 386 g/mol.